The lowest BCUT2D eigenvalue weighted by molar-refractivity contribution is -0.162. The minimum absolute atomic E-state index is 0.0219. The molecule has 2 saturated carbocycles. The van der Waals surface area contributed by atoms with E-state index in [2.05, 4.69) is 0 Å². The lowest BCUT2D eigenvalue weighted by Gasteiger charge is -2.24. The molecule has 0 saturated heterocycles. The van der Waals surface area contributed by atoms with Gasteiger partial charge >= 0.3 is 11.9 Å². The highest BCUT2D eigenvalue weighted by Gasteiger charge is 2.52. The summed E-state index contributed by atoms with van der Waals surface area (Å²) in [6, 6.07) is 0. The van der Waals surface area contributed by atoms with Crippen molar-refractivity contribution in [1.82, 2.24) is 0 Å². The normalized spacial score (nSPS) is 38.2. The van der Waals surface area contributed by atoms with Gasteiger partial charge in [0.25, 0.3) is 0 Å². The van der Waals surface area contributed by atoms with Crippen molar-refractivity contribution in [2.45, 2.75) is 38.2 Å². The van der Waals surface area contributed by atoms with E-state index in [1.54, 1.807) is 0 Å². The van der Waals surface area contributed by atoms with Crippen LogP contribution in [0.3, 0.4) is 0 Å². The van der Waals surface area contributed by atoms with Crippen LogP contribution in [0.2, 0.25) is 0 Å². The molecule has 3 aliphatic rings. The molecule has 0 spiro atoms. The zero-order valence-electron chi connectivity index (χ0n) is 10.2. The van der Waals surface area contributed by atoms with Crippen LogP contribution in [0.5, 0.6) is 0 Å². The van der Waals surface area contributed by atoms with E-state index in [0.717, 1.165) is 32.1 Å². The topological polar surface area (TPSA) is 63.6 Å². The van der Waals surface area contributed by atoms with E-state index in [4.69, 9.17) is 4.74 Å². The number of carbonyl (C=O) groups excluding carboxylic acids is 1. The quantitative estimate of drug-likeness (QED) is 0.614. The molecule has 3 rings (SSSR count). The standard InChI is InChI=1S/C14H18O4/c15-13(16)11-8-5-6-9(7-8)12(11)14(17)18-10-3-1-2-4-10/h5-6,8-12H,1-4,7H2,(H,15,16)/t8-,9+,11-,12-/m0/s1. The first kappa shape index (κ1) is 11.8. The summed E-state index contributed by atoms with van der Waals surface area (Å²) < 4.78 is 5.49. The maximum absolute atomic E-state index is 12.2. The minimum Gasteiger partial charge on any atom is -0.481 e. The van der Waals surface area contributed by atoms with Gasteiger partial charge in [-0.15, -0.1) is 0 Å². The van der Waals surface area contributed by atoms with Gasteiger partial charge in [-0.3, -0.25) is 9.59 Å². The molecule has 98 valence electrons. The molecule has 0 heterocycles. The van der Waals surface area contributed by atoms with E-state index in [9.17, 15) is 14.7 Å². The number of carboxylic acid groups (broad SMARTS) is 1. The summed E-state index contributed by atoms with van der Waals surface area (Å²) in [6.07, 6.45) is 8.83. The first-order valence-electron chi connectivity index (χ1n) is 6.78. The molecule has 0 aromatic heterocycles. The molecule has 0 aromatic rings. The van der Waals surface area contributed by atoms with Crippen LogP contribution in [0.25, 0.3) is 0 Å². The Kier molecular flexibility index (Phi) is 2.88. The number of carboxylic acids is 1. The van der Waals surface area contributed by atoms with E-state index in [1.165, 1.54) is 0 Å². The number of hydrogen-bond acceptors (Lipinski definition) is 3. The lowest BCUT2D eigenvalue weighted by Crippen LogP contribution is -2.35. The molecule has 2 bridgehead atoms. The summed E-state index contributed by atoms with van der Waals surface area (Å²) in [5.74, 6) is -2.09. The zero-order valence-corrected chi connectivity index (χ0v) is 10.2. The molecule has 4 atom stereocenters. The Balaban J connectivity index is 1.71. The Labute approximate surface area is 106 Å². The summed E-state index contributed by atoms with van der Waals surface area (Å²) >= 11 is 0. The van der Waals surface area contributed by atoms with Crippen molar-refractivity contribution in [2.75, 3.05) is 0 Å². The van der Waals surface area contributed by atoms with Gasteiger partial charge in [0.2, 0.25) is 0 Å². The number of fused-ring (bicyclic) bond motifs is 2. The van der Waals surface area contributed by atoms with Crippen LogP contribution < -0.4 is 0 Å². The van der Waals surface area contributed by atoms with Crippen molar-refractivity contribution >= 4 is 11.9 Å². The van der Waals surface area contributed by atoms with E-state index >= 15 is 0 Å². The SMILES string of the molecule is O=C(OC1CCCC1)[C@@H]1[C@@H](C(=O)O)[C@H]2C=C[C@@H]1C2. The number of carbonyl (C=O) groups is 2. The van der Waals surface area contributed by atoms with Crippen LogP contribution in [-0.4, -0.2) is 23.1 Å². The summed E-state index contributed by atoms with van der Waals surface area (Å²) in [7, 11) is 0. The fourth-order valence-corrected chi connectivity index (χ4v) is 3.73. The highest BCUT2D eigenvalue weighted by Crippen LogP contribution is 2.48. The van der Waals surface area contributed by atoms with Gasteiger partial charge in [0.1, 0.15) is 6.10 Å². The van der Waals surface area contributed by atoms with E-state index in [-0.39, 0.29) is 23.9 Å². The van der Waals surface area contributed by atoms with Crippen LogP contribution >= 0.6 is 0 Å². The molecule has 0 aromatic carbocycles. The third-order valence-corrected chi connectivity index (χ3v) is 4.60. The van der Waals surface area contributed by atoms with Crippen LogP contribution in [0.15, 0.2) is 12.2 Å². The molecule has 4 nitrogen and oxygen atoms in total. The highest BCUT2D eigenvalue weighted by molar-refractivity contribution is 5.83. The second-order valence-corrected chi connectivity index (χ2v) is 5.68. The van der Waals surface area contributed by atoms with Crippen LogP contribution in [-0.2, 0) is 14.3 Å². The zero-order chi connectivity index (χ0) is 12.7. The molecular formula is C14H18O4. The molecule has 0 amide bonds. The molecule has 4 heteroatoms. The second-order valence-electron chi connectivity index (χ2n) is 5.68. The van der Waals surface area contributed by atoms with E-state index in [0.29, 0.717) is 0 Å². The van der Waals surface area contributed by atoms with E-state index < -0.39 is 17.8 Å². The maximum atomic E-state index is 12.2. The molecule has 0 aliphatic heterocycles. The summed E-state index contributed by atoms with van der Waals surface area (Å²) in [5, 5.41) is 9.27. The number of rotatable bonds is 3. The number of esters is 1. The van der Waals surface area contributed by atoms with Crippen molar-refractivity contribution in [3.8, 4) is 0 Å². The molecule has 3 aliphatic carbocycles. The van der Waals surface area contributed by atoms with Gasteiger partial charge in [-0.05, 0) is 43.9 Å². The Morgan fingerprint density at radius 1 is 1.06 bits per heavy atom. The van der Waals surface area contributed by atoms with Gasteiger partial charge in [0.05, 0.1) is 11.8 Å². The Morgan fingerprint density at radius 3 is 2.28 bits per heavy atom. The van der Waals surface area contributed by atoms with Crippen LogP contribution in [0, 0.1) is 23.7 Å². The number of ether oxygens (including phenoxy) is 1. The summed E-state index contributed by atoms with van der Waals surface area (Å²) in [5.41, 5.74) is 0. The Hall–Kier alpha value is -1.32. The largest absolute Gasteiger partial charge is 0.481 e. The first-order chi connectivity index (χ1) is 8.66. The highest BCUT2D eigenvalue weighted by atomic mass is 16.5. The monoisotopic (exact) mass is 250 g/mol. The smallest absolute Gasteiger partial charge is 0.310 e. The predicted octanol–water partition coefficient (Wildman–Crippen LogP) is 2.00. The first-order valence-corrected chi connectivity index (χ1v) is 6.78. The van der Waals surface area contributed by atoms with Crippen molar-refractivity contribution < 1.29 is 19.4 Å². The summed E-state index contributed by atoms with van der Waals surface area (Å²) in [6.45, 7) is 0. The number of aliphatic carboxylic acids is 1. The third-order valence-electron chi connectivity index (χ3n) is 4.60. The molecule has 2 fully saturated rings. The molecule has 0 unspecified atom stereocenters. The minimum atomic E-state index is -0.861. The van der Waals surface area contributed by atoms with Gasteiger partial charge in [0, 0.05) is 0 Å². The number of hydrogen-bond donors (Lipinski definition) is 1. The fourth-order valence-electron chi connectivity index (χ4n) is 3.73. The maximum Gasteiger partial charge on any atom is 0.310 e. The van der Waals surface area contributed by atoms with Crippen LogP contribution in [0.1, 0.15) is 32.1 Å². The molecule has 18 heavy (non-hydrogen) atoms. The average Bonchev–Trinajstić information content (AvgIpc) is 3.03. The molecule has 1 N–H and O–H groups in total. The Morgan fingerprint density at radius 2 is 1.67 bits per heavy atom. The fraction of sp³-hybridized carbons (Fsp3) is 0.714. The van der Waals surface area contributed by atoms with E-state index in [1.807, 2.05) is 12.2 Å². The van der Waals surface area contributed by atoms with Crippen molar-refractivity contribution in [3.05, 3.63) is 12.2 Å². The second kappa shape index (κ2) is 4.41. The predicted molar refractivity (Wildman–Crippen MR) is 63.7 cm³/mol. The molecular weight excluding hydrogens is 232 g/mol. The number of allylic oxidation sites excluding steroid dienone is 2. The molecule has 0 radical (unpaired) electrons. The van der Waals surface area contributed by atoms with Gasteiger partial charge in [0.15, 0.2) is 0 Å². The van der Waals surface area contributed by atoms with Crippen molar-refractivity contribution in [2.24, 2.45) is 23.7 Å². The Bertz CT molecular complexity index is 395. The van der Waals surface area contributed by atoms with Gasteiger partial charge in [-0.1, -0.05) is 12.2 Å². The van der Waals surface area contributed by atoms with Crippen molar-refractivity contribution in [3.63, 3.8) is 0 Å². The van der Waals surface area contributed by atoms with Crippen molar-refractivity contribution in [1.29, 1.82) is 0 Å². The van der Waals surface area contributed by atoms with Gasteiger partial charge < -0.3 is 9.84 Å². The summed E-state index contributed by atoms with van der Waals surface area (Å²) in [4.78, 5) is 23.5. The van der Waals surface area contributed by atoms with Gasteiger partial charge in [-0.25, -0.2) is 0 Å². The average molecular weight is 250 g/mol. The third kappa shape index (κ3) is 1.84. The van der Waals surface area contributed by atoms with Crippen LogP contribution in [0.4, 0.5) is 0 Å². The lowest BCUT2D eigenvalue weighted by atomic mass is 9.83. The van der Waals surface area contributed by atoms with Gasteiger partial charge in [-0.2, -0.15) is 0 Å².